The van der Waals surface area contributed by atoms with Gasteiger partial charge in [-0.15, -0.1) is 0 Å². The molecule has 0 aromatic carbocycles. The molecule has 0 spiro atoms. The lowest BCUT2D eigenvalue weighted by atomic mass is 10.1. The fraction of sp³-hybridized carbons (Fsp3) is 0.267. The van der Waals surface area contributed by atoms with Gasteiger partial charge >= 0.3 is 6.03 Å². The van der Waals surface area contributed by atoms with E-state index in [0.717, 1.165) is 5.69 Å². The first kappa shape index (κ1) is 14.2. The summed E-state index contributed by atoms with van der Waals surface area (Å²) in [5.41, 5.74) is 0.0415. The Morgan fingerprint density at radius 1 is 1.39 bits per heavy atom. The lowest BCUT2D eigenvalue weighted by Crippen LogP contribution is -2.58. The summed E-state index contributed by atoms with van der Waals surface area (Å²) >= 11 is 5.99. The third kappa shape index (κ3) is 2.29. The summed E-state index contributed by atoms with van der Waals surface area (Å²) in [5.74, 6) is 0.366. The first-order valence-electron chi connectivity index (χ1n) is 7.22. The Hall–Kier alpha value is -2.38. The van der Waals surface area contributed by atoms with E-state index in [0.29, 0.717) is 31.0 Å². The second kappa shape index (κ2) is 5.07. The minimum Gasteiger partial charge on any atom is -0.368 e. The van der Waals surface area contributed by atoms with Crippen molar-refractivity contribution in [1.29, 1.82) is 0 Å². The highest BCUT2D eigenvalue weighted by Crippen LogP contribution is 2.43. The van der Waals surface area contributed by atoms with Crippen LogP contribution in [0.1, 0.15) is 6.42 Å². The molecule has 2 aromatic heterocycles. The predicted octanol–water partition coefficient (Wildman–Crippen LogP) is 2.08. The second-order valence-electron chi connectivity index (χ2n) is 5.64. The number of fused-ring (bicyclic) bond motifs is 4. The standard InChI is InChI=1S/C15H14ClN5O2/c16-12-4-3-11-13(19-12)21(15(23)5-7-20(11)9-15)14(22)18-10-2-1-6-17-8-10/h1-4,6,8,23H,5,7,9H2,(H,18,22). The first-order valence-corrected chi connectivity index (χ1v) is 7.60. The molecule has 2 aliphatic rings. The summed E-state index contributed by atoms with van der Waals surface area (Å²) < 4.78 is 0. The third-order valence-corrected chi connectivity index (χ3v) is 4.34. The van der Waals surface area contributed by atoms with Crippen LogP contribution in [0.4, 0.5) is 22.0 Å². The lowest BCUT2D eigenvalue weighted by Gasteiger charge is -2.41. The summed E-state index contributed by atoms with van der Waals surface area (Å²) in [4.78, 5) is 24.3. The number of aromatic nitrogens is 2. The zero-order chi connectivity index (χ0) is 16.0. The maximum atomic E-state index is 12.8. The summed E-state index contributed by atoms with van der Waals surface area (Å²) in [5, 5.41) is 13.9. The third-order valence-electron chi connectivity index (χ3n) is 4.13. The SMILES string of the molecule is O=C(Nc1cccnc1)N1c2nc(Cl)ccc2N2CCC1(O)C2. The van der Waals surface area contributed by atoms with E-state index in [1.165, 1.54) is 4.90 Å². The molecule has 7 nitrogen and oxygen atoms in total. The van der Waals surface area contributed by atoms with Gasteiger partial charge in [-0.3, -0.25) is 4.98 Å². The number of anilines is 3. The van der Waals surface area contributed by atoms with Crippen molar-refractivity contribution in [2.45, 2.75) is 12.1 Å². The van der Waals surface area contributed by atoms with E-state index in [1.54, 1.807) is 30.6 Å². The predicted molar refractivity (Wildman–Crippen MR) is 86.8 cm³/mol. The molecule has 2 aliphatic heterocycles. The van der Waals surface area contributed by atoms with Gasteiger partial charge in [-0.05, 0) is 24.3 Å². The van der Waals surface area contributed by atoms with Crippen molar-refractivity contribution >= 4 is 34.8 Å². The molecular formula is C15H14ClN5O2. The lowest BCUT2D eigenvalue weighted by molar-refractivity contribution is 0.0648. The van der Waals surface area contributed by atoms with Crippen LogP contribution in [0.15, 0.2) is 36.7 Å². The second-order valence-corrected chi connectivity index (χ2v) is 6.03. The van der Waals surface area contributed by atoms with Gasteiger partial charge < -0.3 is 15.3 Å². The minimum atomic E-state index is -1.29. The van der Waals surface area contributed by atoms with Crippen molar-refractivity contribution < 1.29 is 9.90 Å². The van der Waals surface area contributed by atoms with E-state index >= 15 is 0 Å². The largest absolute Gasteiger partial charge is 0.368 e. The number of amides is 2. The van der Waals surface area contributed by atoms with Crippen molar-refractivity contribution in [3.05, 3.63) is 41.8 Å². The maximum absolute atomic E-state index is 12.8. The molecule has 2 N–H and O–H groups in total. The molecule has 2 bridgehead atoms. The van der Waals surface area contributed by atoms with Crippen LogP contribution in [0, 0.1) is 0 Å². The average Bonchev–Trinajstić information content (AvgIpc) is 2.86. The van der Waals surface area contributed by atoms with Gasteiger partial charge in [0.1, 0.15) is 5.15 Å². The Bertz CT molecular complexity index is 772. The number of halogens is 1. The van der Waals surface area contributed by atoms with Gasteiger partial charge in [-0.25, -0.2) is 14.7 Å². The number of hydrogen-bond donors (Lipinski definition) is 2. The van der Waals surface area contributed by atoms with Crippen LogP contribution in [-0.2, 0) is 0 Å². The topological polar surface area (TPSA) is 81.6 Å². The van der Waals surface area contributed by atoms with Gasteiger partial charge in [0.15, 0.2) is 11.5 Å². The first-order chi connectivity index (χ1) is 11.1. The van der Waals surface area contributed by atoms with Crippen molar-refractivity contribution in [3.8, 4) is 0 Å². The average molecular weight is 332 g/mol. The van der Waals surface area contributed by atoms with Crippen LogP contribution in [0.2, 0.25) is 5.15 Å². The molecule has 0 saturated carbocycles. The van der Waals surface area contributed by atoms with E-state index in [2.05, 4.69) is 15.3 Å². The number of carbonyl (C=O) groups is 1. The number of pyridine rings is 2. The molecular weight excluding hydrogens is 318 g/mol. The van der Waals surface area contributed by atoms with Gasteiger partial charge in [0.25, 0.3) is 0 Å². The minimum absolute atomic E-state index is 0.272. The molecule has 1 unspecified atom stereocenters. The zero-order valence-corrected chi connectivity index (χ0v) is 12.9. The fourth-order valence-electron chi connectivity index (χ4n) is 3.09. The molecule has 8 heteroatoms. The molecule has 4 rings (SSSR count). The summed E-state index contributed by atoms with van der Waals surface area (Å²) in [6.45, 7) is 1.01. The Morgan fingerprint density at radius 2 is 2.26 bits per heavy atom. The highest BCUT2D eigenvalue weighted by molar-refractivity contribution is 6.29. The maximum Gasteiger partial charge on any atom is 0.330 e. The van der Waals surface area contributed by atoms with Crippen LogP contribution in [0.25, 0.3) is 0 Å². The monoisotopic (exact) mass is 331 g/mol. The Kier molecular flexibility index (Phi) is 3.14. The van der Waals surface area contributed by atoms with Gasteiger partial charge in [0.05, 0.1) is 24.1 Å². The van der Waals surface area contributed by atoms with E-state index in [1.807, 2.05) is 11.0 Å². The van der Waals surface area contributed by atoms with Gasteiger partial charge in [-0.2, -0.15) is 0 Å². The molecule has 23 heavy (non-hydrogen) atoms. The molecule has 1 saturated heterocycles. The van der Waals surface area contributed by atoms with E-state index in [9.17, 15) is 9.90 Å². The van der Waals surface area contributed by atoms with Gasteiger partial charge in [-0.1, -0.05) is 11.6 Å². The quantitative estimate of drug-likeness (QED) is 0.782. The Morgan fingerprint density at radius 3 is 3.04 bits per heavy atom. The number of nitrogens with zero attached hydrogens (tertiary/aromatic N) is 4. The molecule has 0 radical (unpaired) electrons. The van der Waals surface area contributed by atoms with E-state index < -0.39 is 11.8 Å². The van der Waals surface area contributed by atoms with Gasteiger partial charge in [0.2, 0.25) is 0 Å². The smallest absolute Gasteiger partial charge is 0.330 e. The summed E-state index contributed by atoms with van der Waals surface area (Å²) in [6, 6.07) is 6.49. The number of carbonyl (C=O) groups excluding carboxylic acids is 1. The van der Waals surface area contributed by atoms with Gasteiger partial charge in [0, 0.05) is 19.2 Å². The van der Waals surface area contributed by atoms with E-state index in [-0.39, 0.29) is 5.15 Å². The van der Waals surface area contributed by atoms with Crippen molar-refractivity contribution in [1.82, 2.24) is 9.97 Å². The summed E-state index contributed by atoms with van der Waals surface area (Å²) in [7, 11) is 0. The van der Waals surface area contributed by atoms with Crippen molar-refractivity contribution in [3.63, 3.8) is 0 Å². The highest BCUT2D eigenvalue weighted by atomic mass is 35.5. The molecule has 2 amide bonds. The molecule has 4 heterocycles. The Balaban J connectivity index is 1.75. The number of hydrogen-bond acceptors (Lipinski definition) is 5. The molecule has 1 fully saturated rings. The number of rotatable bonds is 1. The molecule has 0 aliphatic carbocycles. The molecule has 1 atom stereocenters. The fourth-order valence-corrected chi connectivity index (χ4v) is 3.24. The number of urea groups is 1. The Labute approximate surface area is 137 Å². The van der Waals surface area contributed by atoms with Crippen LogP contribution in [0.5, 0.6) is 0 Å². The number of aliphatic hydroxyl groups is 1. The van der Waals surface area contributed by atoms with Crippen LogP contribution < -0.4 is 15.1 Å². The number of nitrogens with one attached hydrogen (secondary N) is 1. The van der Waals surface area contributed by atoms with Crippen LogP contribution >= 0.6 is 11.6 Å². The van der Waals surface area contributed by atoms with Crippen molar-refractivity contribution in [2.75, 3.05) is 28.2 Å². The van der Waals surface area contributed by atoms with Crippen LogP contribution in [-0.4, -0.2) is 39.9 Å². The zero-order valence-electron chi connectivity index (χ0n) is 12.1. The van der Waals surface area contributed by atoms with E-state index in [4.69, 9.17) is 11.6 Å². The summed E-state index contributed by atoms with van der Waals surface area (Å²) in [6.07, 6.45) is 3.61. The highest BCUT2D eigenvalue weighted by Gasteiger charge is 2.50. The van der Waals surface area contributed by atoms with Crippen molar-refractivity contribution in [2.24, 2.45) is 0 Å². The van der Waals surface area contributed by atoms with Crippen LogP contribution in [0.3, 0.4) is 0 Å². The molecule has 118 valence electrons. The normalized spacial score (nSPS) is 22.0. The molecule has 2 aromatic rings.